The lowest BCUT2D eigenvalue weighted by molar-refractivity contribution is 0.195. The number of hydrogen-bond acceptors (Lipinski definition) is 4. The summed E-state index contributed by atoms with van der Waals surface area (Å²) in [6, 6.07) is 57.5. The van der Waals surface area contributed by atoms with E-state index in [4.69, 9.17) is 0 Å². The molecule has 3 aliphatic heterocycles. The van der Waals surface area contributed by atoms with Crippen LogP contribution in [0.5, 0.6) is 0 Å². The normalized spacial score (nSPS) is 23.4. The van der Waals surface area contributed by atoms with Crippen LogP contribution >= 0.6 is 11.3 Å². The first kappa shape index (κ1) is 56.7. The van der Waals surface area contributed by atoms with Crippen molar-refractivity contribution in [3.8, 4) is 11.1 Å². The molecule has 0 radical (unpaired) electrons. The monoisotopic (exact) mass is 1170 g/mol. The van der Waals surface area contributed by atoms with Gasteiger partial charge in [0.1, 0.15) is 0 Å². The van der Waals surface area contributed by atoms with E-state index in [1.165, 1.54) is 170 Å². The van der Waals surface area contributed by atoms with E-state index in [0.29, 0.717) is 0 Å². The molecule has 0 spiro atoms. The van der Waals surface area contributed by atoms with Gasteiger partial charge in [0.15, 0.2) is 0 Å². The lowest BCUT2D eigenvalue weighted by Crippen LogP contribution is -2.62. The highest BCUT2D eigenvalue weighted by atomic mass is 32.1. The molecule has 3 nitrogen and oxygen atoms in total. The van der Waals surface area contributed by atoms with Crippen LogP contribution in [0.1, 0.15) is 220 Å². The van der Waals surface area contributed by atoms with Crippen molar-refractivity contribution in [2.24, 2.45) is 0 Å². The molecule has 1 aromatic heterocycles. The zero-order valence-electron chi connectivity index (χ0n) is 56.0. The van der Waals surface area contributed by atoms with Gasteiger partial charge in [-0.25, -0.2) is 0 Å². The first-order valence-electron chi connectivity index (χ1n) is 33.7. The molecule has 2 atom stereocenters. The average Bonchev–Trinajstić information content (AvgIpc) is 1.19. The molecular formula is C83H92BN3S. The van der Waals surface area contributed by atoms with Crippen molar-refractivity contribution >= 4 is 100 Å². The van der Waals surface area contributed by atoms with Gasteiger partial charge in [0.05, 0.1) is 15.9 Å². The Bertz CT molecular complexity index is 4480. The summed E-state index contributed by atoms with van der Waals surface area (Å²) in [7, 11) is 0. The maximum Gasteiger partial charge on any atom is 0.252 e. The summed E-state index contributed by atoms with van der Waals surface area (Å²) >= 11 is 1.97. The molecule has 0 N–H and O–H groups in total. The number of hydrogen-bond donors (Lipinski definition) is 0. The van der Waals surface area contributed by atoms with E-state index in [2.05, 4.69) is 272 Å². The van der Waals surface area contributed by atoms with Crippen LogP contribution in [0, 0.1) is 0 Å². The Morgan fingerprint density at radius 2 is 0.943 bits per heavy atom. The van der Waals surface area contributed by atoms with Gasteiger partial charge < -0.3 is 14.7 Å². The molecule has 1 fully saturated rings. The molecule has 7 aliphatic rings. The molecule has 0 saturated heterocycles. The number of anilines is 8. The third-order valence-electron chi connectivity index (χ3n) is 24.7. The highest BCUT2D eigenvalue weighted by molar-refractivity contribution is 7.26. The van der Waals surface area contributed by atoms with Crippen LogP contribution in [-0.2, 0) is 43.3 Å². The Kier molecular flexibility index (Phi) is 11.7. The minimum Gasteiger partial charge on any atom is -0.334 e. The fraction of sp³-hybridized carbons (Fsp3) is 0.422. The van der Waals surface area contributed by atoms with Crippen molar-refractivity contribution in [2.45, 2.75) is 224 Å². The number of thiophene rings is 1. The second-order valence-corrected chi connectivity index (χ2v) is 35.1. The lowest BCUT2D eigenvalue weighted by atomic mass is 9.33. The van der Waals surface area contributed by atoms with E-state index in [-0.39, 0.29) is 55.6 Å². The summed E-state index contributed by atoms with van der Waals surface area (Å²) in [5, 5.41) is 2.67. The second kappa shape index (κ2) is 18.1. The van der Waals surface area contributed by atoms with Gasteiger partial charge in [-0.05, 0) is 222 Å². The van der Waals surface area contributed by atoms with E-state index in [0.717, 1.165) is 25.7 Å². The van der Waals surface area contributed by atoms with Crippen LogP contribution < -0.4 is 31.1 Å². The maximum absolute atomic E-state index is 2.90. The molecule has 0 amide bonds. The molecule has 88 heavy (non-hydrogen) atoms. The quantitative estimate of drug-likeness (QED) is 0.163. The van der Waals surface area contributed by atoms with Crippen LogP contribution in [0.15, 0.2) is 140 Å². The van der Waals surface area contributed by atoms with E-state index < -0.39 is 0 Å². The van der Waals surface area contributed by atoms with Gasteiger partial charge in [-0.15, -0.1) is 11.3 Å². The van der Waals surface area contributed by atoms with Crippen LogP contribution in [-0.4, -0.2) is 12.3 Å². The average molecular weight is 1170 g/mol. The zero-order chi connectivity index (χ0) is 61.6. The summed E-state index contributed by atoms with van der Waals surface area (Å²) in [6.45, 7) is 42.4. The predicted octanol–water partition coefficient (Wildman–Crippen LogP) is 21.5. The van der Waals surface area contributed by atoms with Crippen LogP contribution in [0.4, 0.5) is 45.5 Å². The fourth-order valence-electron chi connectivity index (χ4n) is 19.3. The third-order valence-corrected chi connectivity index (χ3v) is 25.9. The lowest BCUT2D eigenvalue weighted by Gasteiger charge is -2.51. The standard InChI is InChI=1S/C83H92BN3S/c1-75(2,3)52-30-27-50(28-31-52)51-29-34-66-63(41-51)82(16)35-20-21-36-83(82,17)87(66)54-43-70-73-71(44-54)86(67-25-22-24-56-55-23-18-19-26-72(55)88-74(56)67)69-48-62-60(80(12,13)49-81(62,14)15)46-65(69)84(73)64-45-59-61(79(10,11)40-39-78(59,8)9)47-68(64)85(70)53-32-33-57-58(42-53)77(6,7)38-37-76(57,4)5/h18-19,22-34,41-48H,20-21,35-40,49H2,1-17H3. The maximum atomic E-state index is 2.90. The van der Waals surface area contributed by atoms with E-state index in [1.807, 2.05) is 11.3 Å². The van der Waals surface area contributed by atoms with Crippen LogP contribution in [0.2, 0.25) is 0 Å². The second-order valence-electron chi connectivity index (χ2n) is 34.1. The SMILES string of the molecule is CC(C)(C)c1ccc(-c2ccc3c(c2)C2(C)CCCCC2(C)N3c2cc3c4c(c2)N(c2cccc5c2sc2ccccc25)c2cc5c(cc2B4c2cc4c(cc2N3c2ccc3c(c2)C(C)(C)CCC3(C)C)C(C)(C)CCC4(C)C)C(C)(C)CC5(C)C)cc1. The topological polar surface area (TPSA) is 9.72 Å². The smallest absolute Gasteiger partial charge is 0.252 e. The fourth-order valence-corrected chi connectivity index (χ4v) is 20.5. The number of benzene rings is 8. The molecule has 9 aromatic rings. The largest absolute Gasteiger partial charge is 0.334 e. The number of fused-ring (bicyclic) bond motifs is 13. The highest BCUT2D eigenvalue weighted by Gasteiger charge is 2.59. The van der Waals surface area contributed by atoms with Gasteiger partial charge in [-0.1, -0.05) is 202 Å². The van der Waals surface area contributed by atoms with Gasteiger partial charge >= 0.3 is 0 Å². The minimum atomic E-state index is -0.199. The van der Waals surface area contributed by atoms with Crippen molar-refractivity contribution in [3.63, 3.8) is 0 Å². The van der Waals surface area contributed by atoms with E-state index >= 15 is 0 Å². The number of rotatable bonds is 4. The first-order chi connectivity index (χ1) is 41.4. The molecule has 1 saturated carbocycles. The Labute approximate surface area is 531 Å². The molecule has 5 heteroatoms. The molecule has 4 aliphatic carbocycles. The predicted molar refractivity (Wildman–Crippen MR) is 382 cm³/mol. The summed E-state index contributed by atoms with van der Waals surface area (Å²) in [4.78, 5) is 8.52. The molecule has 0 bridgehead atoms. The molecular weight excluding hydrogens is 1080 g/mol. The van der Waals surface area contributed by atoms with Crippen molar-refractivity contribution < 1.29 is 0 Å². The Morgan fingerprint density at radius 1 is 0.398 bits per heavy atom. The first-order valence-corrected chi connectivity index (χ1v) is 34.5. The molecule has 448 valence electrons. The zero-order valence-corrected chi connectivity index (χ0v) is 56.8. The number of nitrogens with zero attached hydrogens (tertiary/aromatic N) is 3. The minimum absolute atomic E-state index is 0.00599. The summed E-state index contributed by atoms with van der Waals surface area (Å²) < 4.78 is 2.68. The van der Waals surface area contributed by atoms with Gasteiger partial charge in [-0.3, -0.25) is 0 Å². The van der Waals surface area contributed by atoms with Crippen molar-refractivity contribution in [2.75, 3.05) is 14.7 Å². The van der Waals surface area contributed by atoms with Gasteiger partial charge in [-0.2, -0.15) is 0 Å². The van der Waals surface area contributed by atoms with Crippen molar-refractivity contribution in [3.05, 3.63) is 184 Å². The van der Waals surface area contributed by atoms with Crippen molar-refractivity contribution in [1.82, 2.24) is 0 Å². The Hall–Kier alpha value is -6.56. The van der Waals surface area contributed by atoms with E-state index in [9.17, 15) is 0 Å². The van der Waals surface area contributed by atoms with Gasteiger partial charge in [0, 0.05) is 60.7 Å². The van der Waals surface area contributed by atoms with Gasteiger partial charge in [0.2, 0.25) is 0 Å². The molecule has 8 aromatic carbocycles. The third kappa shape index (κ3) is 7.79. The molecule has 4 heterocycles. The Balaban J connectivity index is 1.05. The molecule has 2 unspecified atom stereocenters. The summed E-state index contributed by atoms with van der Waals surface area (Å²) in [5.41, 5.74) is 29.3. The summed E-state index contributed by atoms with van der Waals surface area (Å²) in [6.07, 6.45) is 10.5. The molecule has 16 rings (SSSR count). The summed E-state index contributed by atoms with van der Waals surface area (Å²) in [5.74, 6) is 0. The van der Waals surface area contributed by atoms with Crippen LogP contribution in [0.3, 0.4) is 0 Å². The highest BCUT2D eigenvalue weighted by Crippen LogP contribution is 2.64. The Morgan fingerprint density at radius 3 is 1.60 bits per heavy atom. The van der Waals surface area contributed by atoms with Gasteiger partial charge in [0.25, 0.3) is 6.71 Å². The van der Waals surface area contributed by atoms with Crippen LogP contribution in [0.25, 0.3) is 31.3 Å². The van der Waals surface area contributed by atoms with Crippen molar-refractivity contribution in [1.29, 1.82) is 0 Å². The van der Waals surface area contributed by atoms with E-state index in [1.54, 1.807) is 0 Å².